The fourth-order valence-electron chi connectivity index (χ4n) is 8.49. The summed E-state index contributed by atoms with van der Waals surface area (Å²) in [5.41, 5.74) is 12.4. The third-order valence-corrected chi connectivity index (χ3v) is 13.7. The van der Waals surface area contributed by atoms with Gasteiger partial charge in [-0.25, -0.2) is 0 Å². The highest BCUT2D eigenvalue weighted by atomic mass is 32.1. The maximum absolute atomic E-state index is 2.39. The van der Waals surface area contributed by atoms with E-state index in [-0.39, 0.29) is 5.92 Å². The van der Waals surface area contributed by atoms with E-state index in [9.17, 15) is 0 Å². The first kappa shape index (κ1) is 36.8. The maximum atomic E-state index is 2.39. The predicted molar refractivity (Wildman–Crippen MR) is 256 cm³/mol. The molecule has 59 heavy (non-hydrogen) atoms. The molecule has 0 saturated heterocycles. The first-order valence-corrected chi connectivity index (χ1v) is 22.0. The van der Waals surface area contributed by atoms with Gasteiger partial charge in [0.1, 0.15) is 0 Å². The van der Waals surface area contributed by atoms with Crippen LogP contribution in [0.4, 0.5) is 17.1 Å². The van der Waals surface area contributed by atoms with E-state index in [2.05, 4.69) is 225 Å². The fourth-order valence-corrected chi connectivity index (χ4v) is 10.2. The minimum Gasteiger partial charge on any atom is -0.310 e. The number of fused-ring (bicyclic) bond motifs is 2. The van der Waals surface area contributed by atoms with Gasteiger partial charge in [-0.3, -0.25) is 0 Å². The van der Waals surface area contributed by atoms with Gasteiger partial charge in [0.05, 0.1) is 5.69 Å². The van der Waals surface area contributed by atoms with Crippen molar-refractivity contribution >= 4 is 61.3 Å². The van der Waals surface area contributed by atoms with Gasteiger partial charge in [0.15, 0.2) is 0 Å². The average molecular weight is 794 g/mol. The molecule has 0 saturated carbocycles. The first-order chi connectivity index (χ1) is 29.0. The molecule has 10 rings (SSSR count). The Balaban J connectivity index is 0.981. The minimum atomic E-state index is 0.209. The number of rotatable bonds is 10. The molecule has 10 aromatic rings. The van der Waals surface area contributed by atoms with Gasteiger partial charge in [-0.15, -0.1) is 22.7 Å². The van der Waals surface area contributed by atoms with E-state index < -0.39 is 0 Å². The number of benzene rings is 8. The van der Waals surface area contributed by atoms with Gasteiger partial charge in [-0.1, -0.05) is 152 Å². The van der Waals surface area contributed by atoms with Crippen LogP contribution in [0.3, 0.4) is 0 Å². The summed E-state index contributed by atoms with van der Waals surface area (Å²) in [4.78, 5) is 7.67. The van der Waals surface area contributed by atoms with E-state index in [1.54, 1.807) is 0 Å². The predicted octanol–water partition coefficient (Wildman–Crippen LogP) is 16.6. The lowest BCUT2D eigenvalue weighted by Crippen LogP contribution is -2.10. The standard InChI is InChI=1S/C56H43NS2/c1-38-17-35-55(58-38)46-25-23-45(24-26-46)53(37-48-13-7-11-42-9-3-5-14-51(42)48)44-21-19-40(20-22-44)41-27-31-49(32-28-41)57(54-16-8-12-43-10-4-6-15-52(43)54)50-33-29-47(30-34-50)56-36-18-39(2)59-56/h3-36,53H,37H2,1-2H3. The SMILES string of the molecule is Cc1ccc(-c2ccc(C(Cc3cccc4ccccc34)c3ccc(-c4ccc(N(c5ccc(-c6ccc(C)s6)cc5)c5cccc6ccccc56)cc4)cc3)cc2)s1. The summed E-state index contributed by atoms with van der Waals surface area (Å²) in [7, 11) is 0. The zero-order valence-electron chi connectivity index (χ0n) is 33.2. The lowest BCUT2D eigenvalue weighted by Gasteiger charge is -2.27. The highest BCUT2D eigenvalue weighted by Crippen LogP contribution is 2.41. The Hall–Kier alpha value is -6.52. The summed E-state index contributed by atoms with van der Waals surface area (Å²) < 4.78 is 0. The van der Waals surface area contributed by atoms with Crippen molar-refractivity contribution in [2.45, 2.75) is 26.2 Å². The van der Waals surface area contributed by atoms with E-state index in [0.29, 0.717) is 0 Å². The Morgan fingerprint density at radius 3 is 1.37 bits per heavy atom. The summed E-state index contributed by atoms with van der Waals surface area (Å²) in [6.45, 7) is 4.34. The van der Waals surface area contributed by atoms with Crippen molar-refractivity contribution in [2.75, 3.05) is 4.90 Å². The number of hydrogen-bond acceptors (Lipinski definition) is 3. The van der Waals surface area contributed by atoms with Crippen molar-refractivity contribution in [1.29, 1.82) is 0 Å². The lowest BCUT2D eigenvalue weighted by molar-refractivity contribution is 0.810. The monoisotopic (exact) mass is 793 g/mol. The first-order valence-electron chi connectivity index (χ1n) is 20.3. The number of thiophene rings is 2. The molecule has 1 atom stereocenters. The van der Waals surface area contributed by atoms with Crippen LogP contribution in [0.15, 0.2) is 206 Å². The molecule has 0 aliphatic heterocycles. The van der Waals surface area contributed by atoms with Gasteiger partial charge >= 0.3 is 0 Å². The summed E-state index contributed by atoms with van der Waals surface area (Å²) in [5, 5.41) is 5.07. The van der Waals surface area contributed by atoms with Gasteiger partial charge in [-0.2, -0.15) is 0 Å². The molecule has 0 amide bonds. The van der Waals surface area contributed by atoms with E-state index in [4.69, 9.17) is 0 Å². The number of anilines is 3. The van der Waals surface area contributed by atoms with Crippen LogP contribution >= 0.6 is 22.7 Å². The summed E-state index contributed by atoms with van der Waals surface area (Å²) in [6, 6.07) is 76.2. The molecule has 0 N–H and O–H groups in total. The molecule has 1 nitrogen and oxygen atoms in total. The van der Waals surface area contributed by atoms with Crippen LogP contribution in [0.25, 0.3) is 53.6 Å². The highest BCUT2D eigenvalue weighted by molar-refractivity contribution is 7.15. The van der Waals surface area contributed by atoms with Crippen molar-refractivity contribution in [3.05, 3.63) is 233 Å². The van der Waals surface area contributed by atoms with Crippen LogP contribution in [0.5, 0.6) is 0 Å². The third-order valence-electron chi connectivity index (χ3n) is 11.6. The molecule has 0 aliphatic rings. The summed E-state index contributed by atoms with van der Waals surface area (Å²) in [5.74, 6) is 0.209. The molecule has 284 valence electrons. The number of nitrogens with zero attached hydrogens (tertiary/aromatic N) is 1. The Labute approximate surface area is 355 Å². The second-order valence-corrected chi connectivity index (χ2v) is 18.0. The second-order valence-electron chi connectivity index (χ2n) is 15.4. The molecule has 0 fully saturated rings. The topological polar surface area (TPSA) is 3.24 Å². The van der Waals surface area contributed by atoms with Crippen LogP contribution in [-0.2, 0) is 6.42 Å². The fraction of sp³-hybridized carbons (Fsp3) is 0.0714. The van der Waals surface area contributed by atoms with E-state index >= 15 is 0 Å². The van der Waals surface area contributed by atoms with Crippen molar-refractivity contribution in [1.82, 2.24) is 0 Å². The quantitative estimate of drug-likeness (QED) is 0.133. The van der Waals surface area contributed by atoms with Crippen molar-refractivity contribution < 1.29 is 0 Å². The Morgan fingerprint density at radius 1 is 0.390 bits per heavy atom. The zero-order chi connectivity index (χ0) is 39.7. The Bertz CT molecular complexity index is 3010. The van der Waals surface area contributed by atoms with Crippen LogP contribution < -0.4 is 4.90 Å². The van der Waals surface area contributed by atoms with E-state index in [1.807, 2.05) is 22.7 Å². The normalized spacial score (nSPS) is 11.9. The molecule has 0 spiro atoms. The largest absolute Gasteiger partial charge is 0.310 e. The average Bonchev–Trinajstić information content (AvgIpc) is 3.94. The smallest absolute Gasteiger partial charge is 0.0540 e. The highest BCUT2D eigenvalue weighted by Gasteiger charge is 2.19. The molecule has 0 aliphatic carbocycles. The molecule has 0 radical (unpaired) electrons. The molecule has 3 heteroatoms. The van der Waals surface area contributed by atoms with Gasteiger partial charge in [0.2, 0.25) is 0 Å². The molecule has 1 unspecified atom stereocenters. The molecular weight excluding hydrogens is 751 g/mol. The molecule has 0 bridgehead atoms. The van der Waals surface area contributed by atoms with Crippen LogP contribution in [0.1, 0.15) is 32.4 Å². The van der Waals surface area contributed by atoms with E-state index in [1.165, 1.54) is 80.0 Å². The Kier molecular flexibility index (Phi) is 9.99. The second kappa shape index (κ2) is 16.0. The summed E-state index contributed by atoms with van der Waals surface area (Å²) >= 11 is 3.69. The number of aryl methyl sites for hydroxylation is 2. The van der Waals surface area contributed by atoms with Gasteiger partial charge in [-0.05, 0) is 130 Å². The number of hydrogen-bond donors (Lipinski definition) is 0. The van der Waals surface area contributed by atoms with Crippen molar-refractivity contribution in [3.63, 3.8) is 0 Å². The lowest BCUT2D eigenvalue weighted by atomic mass is 9.84. The van der Waals surface area contributed by atoms with Crippen molar-refractivity contribution in [3.8, 4) is 32.0 Å². The minimum absolute atomic E-state index is 0.209. The molecular formula is C56H43NS2. The van der Waals surface area contributed by atoms with Crippen molar-refractivity contribution in [2.24, 2.45) is 0 Å². The van der Waals surface area contributed by atoms with Gasteiger partial charge in [0, 0.05) is 42.2 Å². The summed E-state index contributed by atoms with van der Waals surface area (Å²) in [6.07, 6.45) is 0.921. The zero-order valence-corrected chi connectivity index (χ0v) is 34.8. The Morgan fingerprint density at radius 2 is 0.831 bits per heavy atom. The maximum Gasteiger partial charge on any atom is 0.0540 e. The third kappa shape index (κ3) is 7.52. The van der Waals surface area contributed by atoms with Gasteiger partial charge < -0.3 is 4.90 Å². The van der Waals surface area contributed by atoms with Gasteiger partial charge in [0.25, 0.3) is 0 Å². The molecule has 2 aromatic heterocycles. The molecule has 8 aromatic carbocycles. The van der Waals surface area contributed by atoms with Crippen LogP contribution in [-0.4, -0.2) is 0 Å². The van der Waals surface area contributed by atoms with Crippen LogP contribution in [0.2, 0.25) is 0 Å². The van der Waals surface area contributed by atoms with Crippen LogP contribution in [0, 0.1) is 13.8 Å². The van der Waals surface area contributed by atoms with E-state index in [0.717, 1.165) is 23.5 Å². The molecule has 2 heterocycles.